The fourth-order valence-electron chi connectivity index (χ4n) is 4.06. The van der Waals surface area contributed by atoms with Crippen LogP contribution >= 0.6 is 0 Å². The lowest BCUT2D eigenvalue weighted by atomic mass is 9.98. The van der Waals surface area contributed by atoms with E-state index in [-0.39, 0.29) is 0 Å². The number of nitrogens with zero attached hydrogens (tertiary/aromatic N) is 1. The number of carboxylic acid groups (broad SMARTS) is 2. The minimum Gasteiger partial charge on any atom is -0.493 e. The summed E-state index contributed by atoms with van der Waals surface area (Å²) in [7, 11) is 0. The van der Waals surface area contributed by atoms with Gasteiger partial charge in [0.25, 0.3) is 0 Å². The van der Waals surface area contributed by atoms with Gasteiger partial charge in [0.2, 0.25) is 0 Å². The predicted molar refractivity (Wildman–Crippen MR) is 130 cm³/mol. The second-order valence-corrected chi connectivity index (χ2v) is 8.53. The number of ether oxygens (including phenoxy) is 1. The highest BCUT2D eigenvalue weighted by Gasteiger charge is 2.20. The summed E-state index contributed by atoms with van der Waals surface area (Å²) in [4.78, 5) is 20.8. The molecule has 0 aliphatic carbocycles. The van der Waals surface area contributed by atoms with Crippen LogP contribution in [0.5, 0.6) is 5.75 Å². The molecular formula is C27H37NO5. The maximum atomic E-state index is 9.10. The molecule has 2 aromatic rings. The number of aliphatic carboxylic acids is 2. The summed E-state index contributed by atoms with van der Waals surface area (Å²) in [5.41, 5.74) is 2.72. The van der Waals surface area contributed by atoms with Crippen molar-refractivity contribution >= 4 is 11.9 Å². The van der Waals surface area contributed by atoms with Crippen molar-refractivity contribution in [3.8, 4) is 5.75 Å². The van der Waals surface area contributed by atoms with Gasteiger partial charge in [-0.2, -0.15) is 0 Å². The fourth-order valence-corrected chi connectivity index (χ4v) is 4.06. The Morgan fingerprint density at radius 1 is 0.970 bits per heavy atom. The number of para-hydroxylation sites is 1. The Bertz CT molecular complexity index is 827. The molecule has 0 radical (unpaired) electrons. The average Bonchev–Trinajstić information content (AvgIpc) is 2.83. The first kappa shape index (κ1) is 26.4. The molecule has 180 valence electrons. The number of hydrogen-bond donors (Lipinski definition) is 2. The zero-order chi connectivity index (χ0) is 23.9. The van der Waals surface area contributed by atoms with E-state index in [9.17, 15) is 0 Å². The average molecular weight is 456 g/mol. The van der Waals surface area contributed by atoms with Crippen LogP contribution < -0.4 is 4.74 Å². The van der Waals surface area contributed by atoms with Crippen LogP contribution in [0.3, 0.4) is 0 Å². The molecule has 1 aliphatic rings. The maximum Gasteiger partial charge on any atom is 0.414 e. The molecule has 0 bridgehead atoms. The largest absolute Gasteiger partial charge is 0.493 e. The molecule has 1 aliphatic heterocycles. The summed E-state index contributed by atoms with van der Waals surface area (Å²) in [6.07, 6.45) is 8.72. The van der Waals surface area contributed by atoms with E-state index in [1.807, 2.05) is 0 Å². The molecule has 1 heterocycles. The third-order valence-corrected chi connectivity index (χ3v) is 5.84. The SMILES string of the molecule is CCCCCN1CCCC(COc2ccccc2CCc2ccccc2)C1.O=C(O)C(=O)O. The summed E-state index contributed by atoms with van der Waals surface area (Å²) in [5, 5.41) is 14.8. The first-order valence-corrected chi connectivity index (χ1v) is 11.9. The smallest absolute Gasteiger partial charge is 0.414 e. The molecule has 6 heteroatoms. The zero-order valence-electron chi connectivity index (χ0n) is 19.6. The Hall–Kier alpha value is -2.86. The molecule has 6 nitrogen and oxygen atoms in total. The first-order valence-electron chi connectivity index (χ1n) is 11.9. The van der Waals surface area contributed by atoms with Crippen LogP contribution in [0, 0.1) is 5.92 Å². The normalized spacial score (nSPS) is 15.8. The number of benzene rings is 2. The van der Waals surface area contributed by atoms with Crippen molar-refractivity contribution in [3.63, 3.8) is 0 Å². The molecule has 1 unspecified atom stereocenters. The number of aryl methyl sites for hydroxylation is 2. The molecule has 3 rings (SSSR count). The second kappa shape index (κ2) is 15.1. The van der Waals surface area contributed by atoms with Crippen molar-refractivity contribution in [1.82, 2.24) is 4.90 Å². The van der Waals surface area contributed by atoms with E-state index in [2.05, 4.69) is 66.4 Å². The Morgan fingerprint density at radius 3 is 2.36 bits per heavy atom. The molecule has 0 aromatic heterocycles. The minimum absolute atomic E-state index is 0.669. The van der Waals surface area contributed by atoms with Gasteiger partial charge in [0.15, 0.2) is 0 Å². The number of hydrogen-bond acceptors (Lipinski definition) is 4. The molecule has 0 amide bonds. The van der Waals surface area contributed by atoms with Gasteiger partial charge < -0.3 is 19.8 Å². The van der Waals surface area contributed by atoms with Gasteiger partial charge in [-0.05, 0) is 62.4 Å². The molecule has 2 N–H and O–H groups in total. The minimum atomic E-state index is -1.82. The zero-order valence-corrected chi connectivity index (χ0v) is 19.6. The van der Waals surface area contributed by atoms with Crippen molar-refractivity contribution in [3.05, 3.63) is 65.7 Å². The highest BCUT2D eigenvalue weighted by molar-refractivity contribution is 6.27. The molecule has 1 fully saturated rings. The Morgan fingerprint density at radius 2 is 1.67 bits per heavy atom. The van der Waals surface area contributed by atoms with Crippen molar-refractivity contribution in [2.75, 3.05) is 26.2 Å². The quantitative estimate of drug-likeness (QED) is 0.391. The van der Waals surface area contributed by atoms with Gasteiger partial charge in [0.1, 0.15) is 5.75 Å². The molecule has 0 spiro atoms. The van der Waals surface area contributed by atoms with E-state index < -0.39 is 11.9 Å². The van der Waals surface area contributed by atoms with Crippen molar-refractivity contribution in [2.24, 2.45) is 5.92 Å². The number of piperidine rings is 1. The number of likely N-dealkylation sites (tertiary alicyclic amines) is 1. The van der Waals surface area contributed by atoms with E-state index in [0.717, 1.165) is 25.2 Å². The number of carbonyl (C=O) groups is 2. The number of unbranched alkanes of at least 4 members (excludes halogenated alkanes) is 2. The Kier molecular flexibility index (Phi) is 12.0. The number of rotatable bonds is 10. The van der Waals surface area contributed by atoms with E-state index in [4.69, 9.17) is 24.5 Å². The van der Waals surface area contributed by atoms with E-state index in [1.54, 1.807) is 0 Å². The third kappa shape index (κ3) is 10.5. The fraction of sp³-hybridized carbons (Fsp3) is 0.481. The van der Waals surface area contributed by atoms with Crippen molar-refractivity contribution in [2.45, 2.75) is 51.9 Å². The monoisotopic (exact) mass is 455 g/mol. The van der Waals surface area contributed by atoms with Crippen LogP contribution in [0.2, 0.25) is 0 Å². The van der Waals surface area contributed by atoms with Crippen LogP contribution in [-0.2, 0) is 22.4 Å². The summed E-state index contributed by atoms with van der Waals surface area (Å²) in [6.45, 7) is 6.87. The first-order chi connectivity index (χ1) is 16.0. The molecule has 33 heavy (non-hydrogen) atoms. The van der Waals surface area contributed by atoms with Crippen molar-refractivity contribution in [1.29, 1.82) is 0 Å². The van der Waals surface area contributed by atoms with Crippen LogP contribution in [0.4, 0.5) is 0 Å². The Labute approximate surface area is 197 Å². The topological polar surface area (TPSA) is 87.1 Å². The van der Waals surface area contributed by atoms with Crippen LogP contribution in [0.15, 0.2) is 54.6 Å². The molecule has 1 saturated heterocycles. The van der Waals surface area contributed by atoms with Gasteiger partial charge in [-0.1, -0.05) is 68.3 Å². The molecule has 2 aromatic carbocycles. The maximum absolute atomic E-state index is 9.10. The lowest BCUT2D eigenvalue weighted by Gasteiger charge is -2.32. The Balaban J connectivity index is 0.000000569. The van der Waals surface area contributed by atoms with Crippen LogP contribution in [0.25, 0.3) is 0 Å². The van der Waals surface area contributed by atoms with Crippen LogP contribution in [-0.4, -0.2) is 53.3 Å². The van der Waals surface area contributed by atoms with Gasteiger partial charge in [-0.3, -0.25) is 0 Å². The summed E-state index contributed by atoms with van der Waals surface area (Å²) < 4.78 is 6.31. The van der Waals surface area contributed by atoms with E-state index in [0.29, 0.717) is 5.92 Å². The van der Waals surface area contributed by atoms with Gasteiger partial charge in [0, 0.05) is 12.5 Å². The molecule has 0 saturated carbocycles. The van der Waals surface area contributed by atoms with Gasteiger partial charge >= 0.3 is 11.9 Å². The van der Waals surface area contributed by atoms with E-state index >= 15 is 0 Å². The second-order valence-electron chi connectivity index (χ2n) is 8.53. The van der Waals surface area contributed by atoms with Gasteiger partial charge in [-0.15, -0.1) is 0 Å². The predicted octanol–water partition coefficient (Wildman–Crippen LogP) is 4.91. The third-order valence-electron chi connectivity index (χ3n) is 5.84. The lowest BCUT2D eigenvalue weighted by molar-refractivity contribution is -0.159. The summed E-state index contributed by atoms with van der Waals surface area (Å²) in [6, 6.07) is 19.3. The lowest BCUT2D eigenvalue weighted by Crippen LogP contribution is -2.38. The molecular weight excluding hydrogens is 418 g/mol. The highest BCUT2D eigenvalue weighted by atomic mass is 16.5. The summed E-state index contributed by atoms with van der Waals surface area (Å²) >= 11 is 0. The highest BCUT2D eigenvalue weighted by Crippen LogP contribution is 2.23. The van der Waals surface area contributed by atoms with E-state index in [1.165, 1.54) is 62.9 Å². The molecule has 1 atom stereocenters. The van der Waals surface area contributed by atoms with Crippen molar-refractivity contribution < 1.29 is 24.5 Å². The standard InChI is InChI=1S/C25H35NO.C2H2O4/c1-2-3-9-18-26-19-10-13-23(20-26)21-27-25-15-8-7-14-24(25)17-16-22-11-5-4-6-12-22;3-1(4)2(5)6/h4-8,11-12,14-15,23H,2-3,9-10,13,16-21H2,1H3;(H,3,4)(H,5,6). The summed E-state index contributed by atoms with van der Waals surface area (Å²) in [5.74, 6) is -1.90. The van der Waals surface area contributed by atoms with Gasteiger partial charge in [-0.25, -0.2) is 9.59 Å². The van der Waals surface area contributed by atoms with Gasteiger partial charge in [0.05, 0.1) is 6.61 Å². The van der Waals surface area contributed by atoms with Crippen LogP contribution in [0.1, 0.15) is 50.2 Å². The number of carboxylic acids is 2.